The summed E-state index contributed by atoms with van der Waals surface area (Å²) < 4.78 is 26.7. The normalized spacial score (nSPS) is 22.4. The zero-order chi connectivity index (χ0) is 6.91. The number of nitrogens with one attached hydrogen (secondary N) is 1. The van der Waals surface area contributed by atoms with Crippen LogP contribution in [0.1, 0.15) is 0 Å². The molecule has 0 atom stereocenters. The lowest BCUT2D eigenvalue weighted by Crippen LogP contribution is -2.33. The van der Waals surface area contributed by atoms with Crippen LogP contribution in [0.3, 0.4) is 0 Å². The minimum absolute atomic E-state index is 0.162. The molecule has 0 saturated heterocycles. The third-order valence-electron chi connectivity index (χ3n) is 0.612. The summed E-state index contributed by atoms with van der Waals surface area (Å²) in [5.74, 6) is -0.162. The van der Waals surface area contributed by atoms with Crippen molar-refractivity contribution < 1.29 is 8.42 Å². The van der Waals surface area contributed by atoms with Crippen molar-refractivity contribution in [3.63, 3.8) is 0 Å². The molecule has 1 heterocycles. The van der Waals surface area contributed by atoms with Gasteiger partial charge in [-0.05, 0) is 0 Å². The fourth-order valence-corrected chi connectivity index (χ4v) is 0.868. The highest BCUT2D eigenvalue weighted by Gasteiger charge is 2.08. The first kappa shape index (κ1) is 6.02. The first-order chi connectivity index (χ1) is 4.10. The first-order valence-corrected chi connectivity index (χ1v) is 3.40. The Balaban J connectivity index is 3.06. The lowest BCUT2D eigenvalue weighted by atomic mass is 11.0. The highest BCUT2D eigenvalue weighted by Crippen LogP contribution is 1.93. The average molecular weight is 148 g/mol. The molecule has 0 radical (unpaired) electrons. The topological polar surface area (TPSA) is 96.9 Å². The SMILES string of the molecule is NC1=NS(=O)(=O)N=CN1. The van der Waals surface area contributed by atoms with Crippen molar-refractivity contribution in [2.75, 3.05) is 0 Å². The van der Waals surface area contributed by atoms with Gasteiger partial charge in [0.25, 0.3) is 0 Å². The fraction of sp³-hybridized carbons (Fsp3) is 0. The molecule has 0 aromatic carbocycles. The van der Waals surface area contributed by atoms with Crippen LogP contribution in [-0.2, 0) is 10.2 Å². The van der Waals surface area contributed by atoms with Crippen LogP contribution in [0, 0.1) is 0 Å². The second kappa shape index (κ2) is 1.69. The highest BCUT2D eigenvalue weighted by atomic mass is 32.2. The van der Waals surface area contributed by atoms with Crippen LogP contribution in [0.4, 0.5) is 0 Å². The van der Waals surface area contributed by atoms with Gasteiger partial charge in [0.2, 0.25) is 5.96 Å². The Kier molecular flexibility index (Phi) is 1.13. The summed E-state index contributed by atoms with van der Waals surface area (Å²) in [4.78, 5) is 0. The predicted octanol–water partition coefficient (Wildman–Crippen LogP) is -1.82. The van der Waals surface area contributed by atoms with Crippen LogP contribution in [0.5, 0.6) is 0 Å². The number of rotatable bonds is 0. The maximum Gasteiger partial charge on any atom is 0.367 e. The summed E-state index contributed by atoms with van der Waals surface area (Å²) in [5, 5.41) is 2.29. The molecule has 0 amide bonds. The molecule has 1 aliphatic heterocycles. The molecule has 0 aromatic heterocycles. The Bertz CT molecular complexity index is 262. The van der Waals surface area contributed by atoms with Crippen molar-refractivity contribution in [2.24, 2.45) is 14.5 Å². The van der Waals surface area contributed by atoms with Gasteiger partial charge >= 0.3 is 10.2 Å². The molecule has 0 unspecified atom stereocenters. The molecular formula is C2H4N4O2S. The van der Waals surface area contributed by atoms with E-state index in [1.807, 2.05) is 0 Å². The molecule has 0 aromatic rings. The molecule has 0 fully saturated rings. The van der Waals surface area contributed by atoms with E-state index in [1.165, 1.54) is 0 Å². The Morgan fingerprint density at radius 3 is 2.67 bits per heavy atom. The van der Waals surface area contributed by atoms with Crippen LogP contribution in [0.25, 0.3) is 0 Å². The number of hydrogen-bond acceptors (Lipinski definition) is 4. The van der Waals surface area contributed by atoms with Crippen LogP contribution >= 0.6 is 0 Å². The molecule has 0 bridgehead atoms. The molecule has 0 aliphatic carbocycles. The third kappa shape index (κ3) is 1.39. The monoisotopic (exact) mass is 148 g/mol. The summed E-state index contributed by atoms with van der Waals surface area (Å²) in [6.07, 6.45) is 0.970. The van der Waals surface area contributed by atoms with E-state index in [-0.39, 0.29) is 5.96 Å². The number of hydrogen-bond donors (Lipinski definition) is 2. The Morgan fingerprint density at radius 2 is 2.33 bits per heavy atom. The van der Waals surface area contributed by atoms with Crippen LogP contribution in [0.2, 0.25) is 0 Å². The summed E-state index contributed by atoms with van der Waals surface area (Å²) in [7, 11) is -3.66. The number of nitrogens with two attached hydrogens (primary N) is 1. The van der Waals surface area contributed by atoms with Crippen LogP contribution in [0.15, 0.2) is 8.80 Å². The molecule has 1 aliphatic rings. The van der Waals surface area contributed by atoms with Crippen LogP contribution in [-0.4, -0.2) is 20.7 Å². The second-order valence-corrected chi connectivity index (χ2v) is 2.59. The highest BCUT2D eigenvalue weighted by molar-refractivity contribution is 7.89. The average Bonchev–Trinajstić information content (AvgIpc) is 1.60. The standard InChI is InChI=1S/C2H4N4O2S/c3-2-4-1-5-9(7,8)6-2/h1H,(H3,3,4,5,6). The van der Waals surface area contributed by atoms with Crippen molar-refractivity contribution in [1.29, 1.82) is 0 Å². The van der Waals surface area contributed by atoms with Gasteiger partial charge in [-0.1, -0.05) is 0 Å². The molecule has 3 N–H and O–H groups in total. The van der Waals surface area contributed by atoms with Gasteiger partial charge in [-0.3, -0.25) is 0 Å². The van der Waals surface area contributed by atoms with E-state index in [9.17, 15) is 8.42 Å². The van der Waals surface area contributed by atoms with Gasteiger partial charge in [0, 0.05) is 0 Å². The Labute approximate surface area is 51.7 Å². The molecule has 7 heteroatoms. The van der Waals surface area contributed by atoms with E-state index in [0.29, 0.717) is 0 Å². The van der Waals surface area contributed by atoms with Gasteiger partial charge in [-0.15, -0.1) is 8.80 Å². The lowest BCUT2D eigenvalue weighted by Gasteiger charge is -2.00. The molecule has 0 saturated carbocycles. The van der Waals surface area contributed by atoms with Crippen molar-refractivity contribution in [3.05, 3.63) is 0 Å². The van der Waals surface area contributed by atoms with Gasteiger partial charge in [0.15, 0.2) is 0 Å². The molecule has 1 rings (SSSR count). The zero-order valence-electron chi connectivity index (χ0n) is 4.27. The van der Waals surface area contributed by atoms with Gasteiger partial charge in [0.05, 0.1) is 0 Å². The summed E-state index contributed by atoms with van der Waals surface area (Å²) >= 11 is 0. The largest absolute Gasteiger partial charge is 0.369 e. The lowest BCUT2D eigenvalue weighted by molar-refractivity contribution is 0.599. The molecule has 6 nitrogen and oxygen atoms in total. The minimum atomic E-state index is -3.66. The van der Waals surface area contributed by atoms with E-state index < -0.39 is 10.2 Å². The molecule has 9 heavy (non-hydrogen) atoms. The fourth-order valence-electron chi connectivity index (χ4n) is 0.333. The van der Waals surface area contributed by atoms with E-state index >= 15 is 0 Å². The van der Waals surface area contributed by atoms with E-state index in [4.69, 9.17) is 5.73 Å². The number of guanidine groups is 1. The first-order valence-electron chi connectivity index (χ1n) is 2.01. The second-order valence-electron chi connectivity index (χ2n) is 1.30. The van der Waals surface area contributed by atoms with Crippen LogP contribution < -0.4 is 11.1 Å². The summed E-state index contributed by atoms with van der Waals surface area (Å²) in [6.45, 7) is 0. The van der Waals surface area contributed by atoms with E-state index in [2.05, 4.69) is 14.1 Å². The van der Waals surface area contributed by atoms with E-state index in [0.717, 1.165) is 6.34 Å². The van der Waals surface area contributed by atoms with Gasteiger partial charge < -0.3 is 11.1 Å². The van der Waals surface area contributed by atoms with Crippen molar-refractivity contribution in [2.45, 2.75) is 0 Å². The Hall–Kier alpha value is -1.11. The smallest absolute Gasteiger partial charge is 0.367 e. The van der Waals surface area contributed by atoms with Crippen molar-refractivity contribution in [1.82, 2.24) is 5.32 Å². The molecule has 0 spiro atoms. The number of nitrogens with zero attached hydrogens (tertiary/aromatic N) is 2. The Morgan fingerprint density at radius 1 is 1.67 bits per heavy atom. The van der Waals surface area contributed by atoms with Gasteiger partial charge in [-0.2, -0.15) is 8.42 Å². The molecular weight excluding hydrogens is 144 g/mol. The van der Waals surface area contributed by atoms with Gasteiger partial charge in [-0.25, -0.2) is 0 Å². The maximum atomic E-state index is 10.4. The quantitative estimate of drug-likeness (QED) is 0.422. The van der Waals surface area contributed by atoms with Gasteiger partial charge in [0.1, 0.15) is 6.34 Å². The predicted molar refractivity (Wildman–Crippen MR) is 32.2 cm³/mol. The van der Waals surface area contributed by atoms with Crippen molar-refractivity contribution >= 4 is 22.5 Å². The summed E-state index contributed by atoms with van der Waals surface area (Å²) in [6, 6.07) is 0. The third-order valence-corrected chi connectivity index (χ3v) is 1.41. The molecule has 50 valence electrons. The van der Waals surface area contributed by atoms with Crippen molar-refractivity contribution in [3.8, 4) is 0 Å². The maximum absolute atomic E-state index is 10.4. The summed E-state index contributed by atoms with van der Waals surface area (Å²) in [5.41, 5.74) is 4.98. The zero-order valence-corrected chi connectivity index (χ0v) is 5.09. The minimum Gasteiger partial charge on any atom is -0.369 e. The van der Waals surface area contributed by atoms with E-state index in [1.54, 1.807) is 0 Å².